The third-order valence-electron chi connectivity index (χ3n) is 3.09. The highest BCUT2D eigenvalue weighted by Crippen LogP contribution is 2.13. The van der Waals surface area contributed by atoms with Crippen molar-refractivity contribution in [1.29, 1.82) is 0 Å². The normalized spacial score (nSPS) is 22.6. The Hall–Kier alpha value is -0.420. The topological polar surface area (TPSA) is 63.4 Å². The third-order valence-corrected chi connectivity index (χ3v) is 4.98. The molecule has 0 aromatic rings. The summed E-state index contributed by atoms with van der Waals surface area (Å²) in [6, 6.07) is 0. The van der Waals surface area contributed by atoms with Crippen LogP contribution >= 0.6 is 0 Å². The molecular formula is C11H22N2O2S. The van der Waals surface area contributed by atoms with Crippen molar-refractivity contribution in [1.82, 2.24) is 4.90 Å². The average Bonchev–Trinajstić information content (AvgIpc) is 2.36. The summed E-state index contributed by atoms with van der Waals surface area (Å²) in [5.74, 6) is 0.0262. The van der Waals surface area contributed by atoms with Gasteiger partial charge in [0.2, 0.25) is 5.91 Å². The Morgan fingerprint density at radius 3 is 2.38 bits per heavy atom. The summed E-state index contributed by atoms with van der Waals surface area (Å²) in [6.45, 7) is 5.58. The maximum Gasteiger partial charge on any atom is 0.238 e. The maximum atomic E-state index is 12.1. The van der Waals surface area contributed by atoms with Crippen molar-refractivity contribution in [3.63, 3.8) is 0 Å². The predicted molar refractivity (Wildman–Crippen MR) is 66.6 cm³/mol. The van der Waals surface area contributed by atoms with Crippen molar-refractivity contribution in [3.05, 3.63) is 0 Å². The molecule has 94 valence electrons. The molecule has 4 nitrogen and oxygen atoms in total. The molecule has 0 radical (unpaired) electrons. The van der Waals surface area contributed by atoms with E-state index in [0.29, 0.717) is 6.54 Å². The fourth-order valence-electron chi connectivity index (χ4n) is 1.91. The molecule has 5 heteroatoms. The molecule has 0 aliphatic carbocycles. The SMILES string of the molecule is CC(CN)S(=O)C(C)C(=O)N1CCCCC1. The van der Waals surface area contributed by atoms with Crippen LogP contribution in [-0.4, -0.2) is 45.2 Å². The number of carbonyl (C=O) groups is 1. The zero-order chi connectivity index (χ0) is 12.1. The molecule has 3 atom stereocenters. The van der Waals surface area contributed by atoms with Gasteiger partial charge in [-0.3, -0.25) is 9.00 Å². The van der Waals surface area contributed by atoms with Crippen LogP contribution in [0.5, 0.6) is 0 Å². The number of nitrogens with zero attached hydrogens (tertiary/aromatic N) is 1. The molecule has 3 unspecified atom stereocenters. The molecule has 2 N–H and O–H groups in total. The number of rotatable bonds is 4. The highest BCUT2D eigenvalue weighted by Gasteiger charge is 2.28. The fourth-order valence-corrected chi connectivity index (χ4v) is 3.15. The summed E-state index contributed by atoms with van der Waals surface area (Å²) in [5.41, 5.74) is 5.47. The lowest BCUT2D eigenvalue weighted by molar-refractivity contribution is -0.131. The predicted octanol–water partition coefficient (Wildman–Crippen LogP) is 0.483. The zero-order valence-electron chi connectivity index (χ0n) is 10.1. The minimum absolute atomic E-state index is 0.0262. The number of hydrogen-bond donors (Lipinski definition) is 1. The number of amides is 1. The van der Waals surface area contributed by atoms with E-state index in [-0.39, 0.29) is 11.2 Å². The fraction of sp³-hybridized carbons (Fsp3) is 0.909. The molecule has 0 aromatic heterocycles. The van der Waals surface area contributed by atoms with Gasteiger partial charge in [-0.05, 0) is 33.1 Å². The van der Waals surface area contributed by atoms with Crippen molar-refractivity contribution >= 4 is 16.7 Å². The third kappa shape index (κ3) is 3.28. The Bertz CT molecular complexity index is 265. The van der Waals surface area contributed by atoms with E-state index < -0.39 is 16.0 Å². The van der Waals surface area contributed by atoms with E-state index in [2.05, 4.69) is 0 Å². The standard InChI is InChI=1S/C11H22N2O2S/c1-9(8-12)16(15)10(2)11(14)13-6-4-3-5-7-13/h9-10H,3-8,12H2,1-2H3. The molecule has 0 spiro atoms. The molecule has 1 aliphatic rings. The van der Waals surface area contributed by atoms with Crippen molar-refractivity contribution in [2.75, 3.05) is 19.6 Å². The maximum absolute atomic E-state index is 12.1. The van der Waals surface area contributed by atoms with Crippen molar-refractivity contribution < 1.29 is 9.00 Å². The van der Waals surface area contributed by atoms with Gasteiger partial charge in [-0.15, -0.1) is 0 Å². The van der Waals surface area contributed by atoms with Crippen LogP contribution in [0.25, 0.3) is 0 Å². The lowest BCUT2D eigenvalue weighted by Crippen LogP contribution is -2.44. The lowest BCUT2D eigenvalue weighted by atomic mass is 10.1. The lowest BCUT2D eigenvalue weighted by Gasteiger charge is -2.29. The quantitative estimate of drug-likeness (QED) is 0.785. The van der Waals surface area contributed by atoms with Gasteiger partial charge < -0.3 is 10.6 Å². The van der Waals surface area contributed by atoms with Crippen LogP contribution in [0, 0.1) is 0 Å². The van der Waals surface area contributed by atoms with Gasteiger partial charge in [-0.25, -0.2) is 0 Å². The van der Waals surface area contributed by atoms with Crippen LogP contribution < -0.4 is 5.73 Å². The van der Waals surface area contributed by atoms with Gasteiger partial charge in [-0.1, -0.05) is 0 Å². The Morgan fingerprint density at radius 2 is 1.88 bits per heavy atom. The molecular weight excluding hydrogens is 224 g/mol. The average molecular weight is 246 g/mol. The number of hydrogen-bond acceptors (Lipinski definition) is 3. The van der Waals surface area contributed by atoms with E-state index in [1.54, 1.807) is 6.92 Å². The molecule has 0 saturated carbocycles. The molecule has 0 bridgehead atoms. The molecule has 1 amide bonds. The van der Waals surface area contributed by atoms with Crippen molar-refractivity contribution in [3.8, 4) is 0 Å². The molecule has 0 aromatic carbocycles. The monoisotopic (exact) mass is 246 g/mol. The highest BCUT2D eigenvalue weighted by atomic mass is 32.2. The largest absolute Gasteiger partial charge is 0.342 e. The Morgan fingerprint density at radius 1 is 1.31 bits per heavy atom. The first kappa shape index (κ1) is 13.6. The van der Waals surface area contributed by atoms with Crippen molar-refractivity contribution in [2.24, 2.45) is 5.73 Å². The Kier molecular flexibility index (Phi) is 5.41. The molecule has 1 saturated heterocycles. The van der Waals surface area contributed by atoms with Gasteiger partial charge in [0.1, 0.15) is 5.25 Å². The Balaban J connectivity index is 2.55. The van der Waals surface area contributed by atoms with Crippen LogP contribution in [-0.2, 0) is 15.6 Å². The number of piperidine rings is 1. The first-order valence-corrected chi connectivity index (χ1v) is 7.23. The Labute approximate surface area is 100 Å². The van der Waals surface area contributed by atoms with E-state index in [1.165, 1.54) is 6.42 Å². The van der Waals surface area contributed by atoms with E-state index in [1.807, 2.05) is 11.8 Å². The molecule has 1 fully saturated rings. The van der Waals surface area contributed by atoms with Crippen molar-refractivity contribution in [2.45, 2.75) is 43.6 Å². The summed E-state index contributed by atoms with van der Waals surface area (Å²) >= 11 is 0. The molecule has 16 heavy (non-hydrogen) atoms. The highest BCUT2D eigenvalue weighted by molar-refractivity contribution is 7.87. The summed E-state index contributed by atoms with van der Waals surface area (Å²) in [6.07, 6.45) is 3.33. The number of carbonyl (C=O) groups excluding carboxylic acids is 1. The van der Waals surface area contributed by atoms with E-state index in [9.17, 15) is 9.00 Å². The first-order chi connectivity index (χ1) is 7.57. The van der Waals surface area contributed by atoms with Gasteiger partial charge in [0.25, 0.3) is 0 Å². The second-order valence-corrected chi connectivity index (χ2v) is 6.57. The summed E-state index contributed by atoms with van der Waals surface area (Å²) in [7, 11) is -1.16. The van der Waals surface area contributed by atoms with Gasteiger partial charge in [0.05, 0.1) is 0 Å². The number of nitrogens with two attached hydrogens (primary N) is 1. The second-order valence-electron chi connectivity index (χ2n) is 4.40. The molecule has 1 aliphatic heterocycles. The van der Waals surface area contributed by atoms with Gasteiger partial charge >= 0.3 is 0 Å². The molecule has 1 heterocycles. The van der Waals surface area contributed by atoms with Gasteiger partial charge in [-0.2, -0.15) is 0 Å². The number of likely N-dealkylation sites (tertiary alicyclic amines) is 1. The first-order valence-electron chi connectivity index (χ1n) is 5.96. The minimum atomic E-state index is -1.16. The van der Waals surface area contributed by atoms with Crippen LogP contribution in [0.2, 0.25) is 0 Å². The van der Waals surface area contributed by atoms with Crippen LogP contribution in [0.3, 0.4) is 0 Å². The van der Waals surface area contributed by atoms with Crippen LogP contribution in [0.4, 0.5) is 0 Å². The van der Waals surface area contributed by atoms with E-state index in [4.69, 9.17) is 5.73 Å². The van der Waals surface area contributed by atoms with Crippen LogP contribution in [0.15, 0.2) is 0 Å². The summed E-state index contributed by atoms with van der Waals surface area (Å²) < 4.78 is 11.9. The second kappa shape index (κ2) is 6.35. The summed E-state index contributed by atoms with van der Waals surface area (Å²) in [4.78, 5) is 13.9. The summed E-state index contributed by atoms with van der Waals surface area (Å²) in [5, 5.41) is -0.527. The van der Waals surface area contributed by atoms with E-state index >= 15 is 0 Å². The minimum Gasteiger partial charge on any atom is -0.342 e. The van der Waals surface area contributed by atoms with Gasteiger partial charge in [0, 0.05) is 35.7 Å². The van der Waals surface area contributed by atoms with Crippen LogP contribution in [0.1, 0.15) is 33.1 Å². The molecule has 1 rings (SSSR count). The van der Waals surface area contributed by atoms with E-state index in [0.717, 1.165) is 25.9 Å². The zero-order valence-corrected chi connectivity index (χ0v) is 11.0. The smallest absolute Gasteiger partial charge is 0.238 e. The van der Waals surface area contributed by atoms with Gasteiger partial charge in [0.15, 0.2) is 0 Å².